The Kier molecular flexibility index (Phi) is 5.41. The molecule has 0 bridgehead atoms. The first-order chi connectivity index (χ1) is 11.0. The van der Waals surface area contributed by atoms with E-state index >= 15 is 0 Å². The molecule has 0 aliphatic carbocycles. The third kappa shape index (κ3) is 4.60. The third-order valence-corrected chi connectivity index (χ3v) is 3.34. The van der Waals surface area contributed by atoms with Crippen molar-refractivity contribution < 1.29 is 9.53 Å². The molecule has 2 amide bonds. The van der Waals surface area contributed by atoms with E-state index in [1.165, 1.54) is 4.57 Å². The number of nitrogens with zero attached hydrogens (tertiary/aromatic N) is 1. The van der Waals surface area contributed by atoms with Crippen molar-refractivity contribution in [2.45, 2.75) is 20.0 Å². The lowest BCUT2D eigenvalue weighted by atomic mass is 10.2. The summed E-state index contributed by atoms with van der Waals surface area (Å²) in [6.45, 7) is 4.16. The molecule has 1 aromatic heterocycles. The summed E-state index contributed by atoms with van der Waals surface area (Å²) in [5.74, 6) is 0.791. The number of aryl methyl sites for hydroxylation is 2. The maximum Gasteiger partial charge on any atom is 0.319 e. The summed E-state index contributed by atoms with van der Waals surface area (Å²) in [7, 11) is 1.63. The normalized spacial score (nSPS) is 11.6. The van der Waals surface area contributed by atoms with E-state index in [1.54, 1.807) is 25.4 Å². The van der Waals surface area contributed by atoms with Crippen LogP contribution in [-0.4, -0.2) is 23.2 Å². The van der Waals surface area contributed by atoms with Gasteiger partial charge in [0, 0.05) is 13.2 Å². The first-order valence-electron chi connectivity index (χ1n) is 7.40. The molecule has 6 heteroatoms. The van der Waals surface area contributed by atoms with E-state index in [1.807, 2.05) is 38.1 Å². The van der Waals surface area contributed by atoms with Gasteiger partial charge in [0.15, 0.2) is 0 Å². The minimum Gasteiger partial charge on any atom is -0.489 e. The highest BCUT2D eigenvalue weighted by Gasteiger charge is 2.10. The number of urea groups is 1. The summed E-state index contributed by atoms with van der Waals surface area (Å²) in [5.41, 5.74) is 1.02. The van der Waals surface area contributed by atoms with E-state index in [9.17, 15) is 9.59 Å². The Morgan fingerprint density at radius 1 is 1.26 bits per heavy atom. The highest BCUT2D eigenvalue weighted by molar-refractivity contribution is 5.88. The van der Waals surface area contributed by atoms with E-state index in [0.29, 0.717) is 6.54 Å². The summed E-state index contributed by atoms with van der Waals surface area (Å²) in [4.78, 5) is 23.7. The fourth-order valence-electron chi connectivity index (χ4n) is 2.04. The monoisotopic (exact) mass is 315 g/mol. The van der Waals surface area contributed by atoms with Crippen LogP contribution in [0.5, 0.6) is 5.75 Å². The average molecular weight is 315 g/mol. The standard InChI is InChI=1S/C17H21N3O3/c1-12-7-4-5-9-15(12)23-13(2)11-18-17(22)19-14-8-6-10-20(3)16(14)21/h4-10,13H,11H2,1-3H3,(H2,18,19,22)/t13-/m1/s1. The van der Waals surface area contributed by atoms with Gasteiger partial charge in [-0.3, -0.25) is 4.79 Å². The number of carbonyl (C=O) groups excluding carboxylic acids is 1. The average Bonchev–Trinajstić information content (AvgIpc) is 2.52. The van der Waals surface area contributed by atoms with Crippen LogP contribution in [0.1, 0.15) is 12.5 Å². The van der Waals surface area contributed by atoms with Crippen LogP contribution in [0.15, 0.2) is 47.4 Å². The number of carbonyl (C=O) groups is 1. The highest BCUT2D eigenvalue weighted by Crippen LogP contribution is 2.17. The maximum absolute atomic E-state index is 11.9. The fourth-order valence-corrected chi connectivity index (χ4v) is 2.04. The van der Waals surface area contributed by atoms with Gasteiger partial charge in [0.25, 0.3) is 5.56 Å². The summed E-state index contributed by atoms with van der Waals surface area (Å²) in [6.07, 6.45) is 1.43. The minimum absolute atomic E-state index is 0.194. The Hall–Kier alpha value is -2.76. The second-order valence-corrected chi connectivity index (χ2v) is 5.37. The molecule has 122 valence electrons. The minimum atomic E-state index is -0.437. The molecular weight excluding hydrogens is 294 g/mol. The smallest absolute Gasteiger partial charge is 0.319 e. The molecular formula is C17H21N3O3. The van der Waals surface area contributed by atoms with Crippen molar-refractivity contribution in [2.24, 2.45) is 7.05 Å². The zero-order chi connectivity index (χ0) is 16.8. The molecule has 0 saturated carbocycles. The van der Waals surface area contributed by atoms with Crippen LogP contribution in [0.25, 0.3) is 0 Å². The van der Waals surface area contributed by atoms with Crippen LogP contribution in [0.2, 0.25) is 0 Å². The molecule has 23 heavy (non-hydrogen) atoms. The number of aromatic nitrogens is 1. The Balaban J connectivity index is 1.85. The van der Waals surface area contributed by atoms with Crippen molar-refractivity contribution in [3.63, 3.8) is 0 Å². The quantitative estimate of drug-likeness (QED) is 0.889. The maximum atomic E-state index is 11.9. The number of rotatable bonds is 5. The van der Waals surface area contributed by atoms with Crippen molar-refractivity contribution in [3.05, 3.63) is 58.5 Å². The second-order valence-electron chi connectivity index (χ2n) is 5.37. The van der Waals surface area contributed by atoms with Crippen molar-refractivity contribution in [2.75, 3.05) is 11.9 Å². The van der Waals surface area contributed by atoms with E-state index in [-0.39, 0.29) is 17.4 Å². The number of benzene rings is 1. The Morgan fingerprint density at radius 2 is 2.00 bits per heavy atom. The molecule has 2 rings (SSSR count). The molecule has 1 heterocycles. The van der Waals surface area contributed by atoms with Gasteiger partial charge in [0.05, 0.1) is 6.54 Å². The lowest BCUT2D eigenvalue weighted by molar-refractivity contribution is 0.211. The molecule has 2 aromatic rings. The Morgan fingerprint density at radius 3 is 2.74 bits per heavy atom. The number of hydrogen-bond donors (Lipinski definition) is 2. The van der Waals surface area contributed by atoms with E-state index in [2.05, 4.69) is 10.6 Å². The summed E-state index contributed by atoms with van der Waals surface area (Å²) < 4.78 is 7.18. The zero-order valence-corrected chi connectivity index (χ0v) is 13.5. The molecule has 0 aliphatic rings. The van der Waals surface area contributed by atoms with Gasteiger partial charge in [-0.2, -0.15) is 0 Å². The number of nitrogens with one attached hydrogen (secondary N) is 2. The van der Waals surface area contributed by atoms with Gasteiger partial charge < -0.3 is 19.9 Å². The van der Waals surface area contributed by atoms with E-state index < -0.39 is 6.03 Å². The number of hydrogen-bond acceptors (Lipinski definition) is 3. The first kappa shape index (κ1) is 16.6. The Bertz CT molecular complexity index is 740. The lowest BCUT2D eigenvalue weighted by Gasteiger charge is -2.17. The number of anilines is 1. The van der Waals surface area contributed by atoms with Crippen molar-refractivity contribution in [1.29, 1.82) is 0 Å². The van der Waals surface area contributed by atoms with Crippen molar-refractivity contribution >= 4 is 11.7 Å². The molecule has 0 saturated heterocycles. The fraction of sp³-hybridized carbons (Fsp3) is 0.294. The van der Waals surface area contributed by atoms with Crippen LogP contribution in [0.3, 0.4) is 0 Å². The van der Waals surface area contributed by atoms with Gasteiger partial charge in [-0.1, -0.05) is 18.2 Å². The van der Waals surface area contributed by atoms with Gasteiger partial charge in [-0.05, 0) is 37.6 Å². The number of pyridine rings is 1. The number of amides is 2. The van der Waals surface area contributed by atoms with Crippen LogP contribution in [-0.2, 0) is 7.05 Å². The summed E-state index contributed by atoms with van der Waals surface area (Å²) in [6, 6.07) is 10.5. The van der Waals surface area contributed by atoms with Gasteiger partial charge in [-0.15, -0.1) is 0 Å². The molecule has 0 fully saturated rings. The molecule has 1 atom stereocenters. The third-order valence-electron chi connectivity index (χ3n) is 3.34. The van der Waals surface area contributed by atoms with Gasteiger partial charge in [-0.25, -0.2) is 4.79 Å². The molecule has 0 radical (unpaired) electrons. The van der Waals surface area contributed by atoms with Crippen LogP contribution in [0, 0.1) is 6.92 Å². The lowest BCUT2D eigenvalue weighted by Crippen LogP contribution is -2.37. The van der Waals surface area contributed by atoms with E-state index in [0.717, 1.165) is 11.3 Å². The van der Waals surface area contributed by atoms with E-state index in [4.69, 9.17) is 4.74 Å². The zero-order valence-electron chi connectivity index (χ0n) is 13.5. The number of para-hydroxylation sites is 1. The SMILES string of the molecule is Cc1ccccc1O[C@H](C)CNC(=O)Nc1cccn(C)c1=O. The molecule has 0 aliphatic heterocycles. The predicted octanol–water partition coefficient (Wildman–Crippen LogP) is 2.28. The van der Waals surface area contributed by atoms with Gasteiger partial charge in [0.1, 0.15) is 17.5 Å². The van der Waals surface area contributed by atoms with Crippen LogP contribution in [0.4, 0.5) is 10.5 Å². The van der Waals surface area contributed by atoms with Gasteiger partial charge in [0.2, 0.25) is 0 Å². The largest absolute Gasteiger partial charge is 0.489 e. The first-order valence-corrected chi connectivity index (χ1v) is 7.40. The molecule has 6 nitrogen and oxygen atoms in total. The predicted molar refractivity (Wildman–Crippen MR) is 90.0 cm³/mol. The summed E-state index contributed by atoms with van der Waals surface area (Å²) >= 11 is 0. The topological polar surface area (TPSA) is 72.4 Å². The summed E-state index contributed by atoms with van der Waals surface area (Å²) in [5, 5.41) is 5.24. The molecule has 0 spiro atoms. The second kappa shape index (κ2) is 7.49. The van der Waals surface area contributed by atoms with Crippen molar-refractivity contribution in [1.82, 2.24) is 9.88 Å². The Labute approximate surface area is 135 Å². The highest BCUT2D eigenvalue weighted by atomic mass is 16.5. The molecule has 2 N–H and O–H groups in total. The molecule has 1 aromatic carbocycles. The molecule has 0 unspecified atom stereocenters. The van der Waals surface area contributed by atoms with Crippen LogP contribution >= 0.6 is 0 Å². The van der Waals surface area contributed by atoms with Crippen LogP contribution < -0.4 is 20.9 Å². The van der Waals surface area contributed by atoms with Crippen molar-refractivity contribution in [3.8, 4) is 5.75 Å². The van der Waals surface area contributed by atoms with Gasteiger partial charge >= 0.3 is 6.03 Å². The number of ether oxygens (including phenoxy) is 1.